The quantitative estimate of drug-likeness (QED) is 0.0836. The molecule has 1 N–H and O–H groups in total. The number of terminal acetylenes is 1. The predicted octanol–water partition coefficient (Wildman–Crippen LogP) is 7.01. The van der Waals surface area contributed by atoms with E-state index in [4.69, 9.17) is 35.7 Å². The van der Waals surface area contributed by atoms with Gasteiger partial charge in [-0.1, -0.05) is 19.8 Å². The standard InChI is InChI=1S/C17H34O6.C10H18O2/c1-9-10-11-13(14(18)19)12-17(8,22-20-15(2,3)4)23-21-16(5,6)7;1-5-6-7-8-9-11-12-10(2,3)4/h13H,9-12H2,1-8H3,(H,18,19);1H,6-9H2,2-4H3. The average Bonchev–Trinajstić information content (AvgIpc) is 2.69. The molecule has 0 amide bonds. The number of hydrogen-bond donors (Lipinski definition) is 1. The van der Waals surface area contributed by atoms with Crippen LogP contribution in [0.5, 0.6) is 0 Å². The monoisotopic (exact) mass is 504 g/mol. The van der Waals surface area contributed by atoms with Crippen LogP contribution in [0.3, 0.4) is 0 Å². The SMILES string of the molecule is C#CCCCCOOC(C)(C)C.CCCCC(CC(C)(OOC(C)(C)C)OOC(C)(C)C)C(=O)O. The summed E-state index contributed by atoms with van der Waals surface area (Å²) in [4.78, 5) is 43.1. The lowest BCUT2D eigenvalue weighted by molar-refractivity contribution is -0.538. The van der Waals surface area contributed by atoms with Crippen LogP contribution in [0.25, 0.3) is 0 Å². The van der Waals surface area contributed by atoms with Gasteiger partial charge >= 0.3 is 5.97 Å². The fourth-order valence-electron chi connectivity index (χ4n) is 2.33. The lowest BCUT2D eigenvalue weighted by Crippen LogP contribution is -2.41. The van der Waals surface area contributed by atoms with Gasteiger partial charge in [-0.05, 0) is 88.5 Å². The van der Waals surface area contributed by atoms with E-state index in [1.165, 1.54) is 0 Å². The van der Waals surface area contributed by atoms with Crippen molar-refractivity contribution in [3.05, 3.63) is 0 Å². The molecule has 0 heterocycles. The number of unbranched alkanes of at least 4 members (excludes halogenated alkanes) is 3. The number of aliphatic carboxylic acids is 1. The van der Waals surface area contributed by atoms with E-state index in [1.54, 1.807) is 6.92 Å². The van der Waals surface area contributed by atoms with Crippen LogP contribution in [0.15, 0.2) is 0 Å². The second-order valence-electron chi connectivity index (χ2n) is 11.8. The lowest BCUT2D eigenvalue weighted by atomic mass is 9.94. The maximum Gasteiger partial charge on any atom is 0.306 e. The third kappa shape index (κ3) is 25.7. The molecule has 0 rings (SSSR count). The van der Waals surface area contributed by atoms with Gasteiger partial charge in [-0.15, -0.1) is 12.3 Å². The summed E-state index contributed by atoms with van der Waals surface area (Å²) in [6.07, 6.45) is 10.3. The molecule has 0 aliphatic heterocycles. The summed E-state index contributed by atoms with van der Waals surface area (Å²) in [6.45, 7) is 21.2. The molecule has 0 spiro atoms. The third-order valence-corrected chi connectivity index (χ3v) is 3.92. The number of hydrogen-bond acceptors (Lipinski definition) is 7. The van der Waals surface area contributed by atoms with E-state index in [-0.39, 0.29) is 12.0 Å². The molecule has 0 aromatic heterocycles. The zero-order chi connectivity index (χ0) is 27.8. The van der Waals surface area contributed by atoms with Gasteiger partial charge in [0.2, 0.25) is 5.79 Å². The fraction of sp³-hybridized carbons (Fsp3) is 0.889. The van der Waals surface area contributed by atoms with E-state index in [0.29, 0.717) is 13.0 Å². The summed E-state index contributed by atoms with van der Waals surface area (Å²) in [7, 11) is 0. The van der Waals surface area contributed by atoms with Gasteiger partial charge in [0.1, 0.15) is 0 Å². The Morgan fingerprint density at radius 3 is 1.66 bits per heavy atom. The molecule has 0 aromatic carbocycles. The highest BCUT2D eigenvalue weighted by Crippen LogP contribution is 2.30. The van der Waals surface area contributed by atoms with E-state index in [0.717, 1.165) is 32.1 Å². The first-order valence-corrected chi connectivity index (χ1v) is 12.5. The molecule has 0 aliphatic carbocycles. The summed E-state index contributed by atoms with van der Waals surface area (Å²) in [5, 5.41) is 9.43. The molecule has 0 aliphatic rings. The van der Waals surface area contributed by atoms with Crippen molar-refractivity contribution in [1.82, 2.24) is 0 Å². The number of rotatable bonds is 15. The minimum Gasteiger partial charge on any atom is -0.481 e. The van der Waals surface area contributed by atoms with Crippen molar-refractivity contribution in [2.75, 3.05) is 6.61 Å². The first-order chi connectivity index (χ1) is 15.8. The Morgan fingerprint density at radius 1 is 0.800 bits per heavy atom. The van der Waals surface area contributed by atoms with Crippen LogP contribution in [0, 0.1) is 18.3 Å². The smallest absolute Gasteiger partial charge is 0.306 e. The summed E-state index contributed by atoms with van der Waals surface area (Å²) >= 11 is 0. The van der Waals surface area contributed by atoms with Crippen LogP contribution in [0.1, 0.15) is 121 Å². The van der Waals surface area contributed by atoms with Crippen molar-refractivity contribution in [1.29, 1.82) is 0 Å². The molecular weight excluding hydrogens is 452 g/mol. The van der Waals surface area contributed by atoms with Crippen LogP contribution >= 0.6 is 0 Å². The highest BCUT2D eigenvalue weighted by molar-refractivity contribution is 5.70. The molecule has 0 radical (unpaired) electrons. The van der Waals surface area contributed by atoms with Gasteiger partial charge in [0.05, 0.1) is 29.3 Å². The van der Waals surface area contributed by atoms with Crippen molar-refractivity contribution < 1.29 is 39.2 Å². The second kappa shape index (κ2) is 17.3. The molecule has 35 heavy (non-hydrogen) atoms. The van der Waals surface area contributed by atoms with Gasteiger partial charge in [-0.3, -0.25) is 4.79 Å². The van der Waals surface area contributed by atoms with Gasteiger partial charge in [-0.25, -0.2) is 19.6 Å². The van der Waals surface area contributed by atoms with Crippen LogP contribution in [0.2, 0.25) is 0 Å². The molecule has 208 valence electrons. The molecule has 1 atom stereocenters. The maximum atomic E-state index is 11.5. The zero-order valence-electron chi connectivity index (χ0n) is 24.1. The van der Waals surface area contributed by atoms with Gasteiger partial charge < -0.3 is 5.11 Å². The molecule has 0 fully saturated rings. The number of carbonyl (C=O) groups is 1. The minimum absolute atomic E-state index is 0.133. The van der Waals surface area contributed by atoms with Crippen molar-refractivity contribution in [3.8, 4) is 12.3 Å². The van der Waals surface area contributed by atoms with Crippen molar-refractivity contribution in [3.63, 3.8) is 0 Å². The predicted molar refractivity (Wildman–Crippen MR) is 137 cm³/mol. The van der Waals surface area contributed by atoms with Crippen molar-refractivity contribution in [2.45, 2.75) is 144 Å². The molecule has 8 nitrogen and oxygen atoms in total. The normalized spacial score (nSPS) is 13.5. The van der Waals surface area contributed by atoms with Crippen LogP contribution < -0.4 is 0 Å². The Morgan fingerprint density at radius 2 is 1.29 bits per heavy atom. The Bertz CT molecular complexity index is 572. The Hall–Kier alpha value is -1.21. The third-order valence-electron chi connectivity index (χ3n) is 3.92. The Balaban J connectivity index is 0. The van der Waals surface area contributed by atoms with E-state index >= 15 is 0 Å². The summed E-state index contributed by atoms with van der Waals surface area (Å²) in [5.74, 6) is -0.192. The average molecular weight is 505 g/mol. The van der Waals surface area contributed by atoms with Crippen molar-refractivity contribution >= 4 is 5.97 Å². The number of carboxylic acid groups (broad SMARTS) is 1. The fourth-order valence-corrected chi connectivity index (χ4v) is 2.33. The van der Waals surface area contributed by atoms with E-state index in [2.05, 4.69) is 5.92 Å². The van der Waals surface area contributed by atoms with E-state index in [1.807, 2.05) is 69.2 Å². The maximum absolute atomic E-state index is 11.5. The van der Waals surface area contributed by atoms with Crippen LogP contribution in [0.4, 0.5) is 0 Å². The minimum atomic E-state index is -1.31. The van der Waals surface area contributed by atoms with Crippen molar-refractivity contribution in [2.24, 2.45) is 5.92 Å². The Labute approximate surface area is 214 Å². The highest BCUT2D eigenvalue weighted by Gasteiger charge is 2.38. The van der Waals surface area contributed by atoms with Gasteiger partial charge in [0.15, 0.2) is 0 Å². The van der Waals surface area contributed by atoms with Gasteiger partial charge in [0.25, 0.3) is 0 Å². The van der Waals surface area contributed by atoms with E-state index in [9.17, 15) is 9.90 Å². The summed E-state index contributed by atoms with van der Waals surface area (Å²) < 4.78 is 0. The number of carboxylic acids is 1. The second-order valence-corrected chi connectivity index (χ2v) is 11.8. The van der Waals surface area contributed by atoms with Crippen LogP contribution in [-0.2, 0) is 34.1 Å². The molecule has 1 unspecified atom stereocenters. The molecule has 0 bridgehead atoms. The largest absolute Gasteiger partial charge is 0.481 e. The molecule has 0 aromatic rings. The molecule has 8 heteroatoms. The lowest BCUT2D eigenvalue weighted by Gasteiger charge is -2.34. The molecular formula is C27H52O8. The van der Waals surface area contributed by atoms with Gasteiger partial charge in [-0.2, -0.15) is 9.78 Å². The Kier molecular flexibility index (Phi) is 17.7. The molecule has 0 saturated carbocycles. The summed E-state index contributed by atoms with van der Waals surface area (Å²) in [5.41, 5.74) is -1.31. The molecule has 0 saturated heterocycles. The van der Waals surface area contributed by atoms with E-state index < -0.39 is 28.9 Å². The zero-order valence-corrected chi connectivity index (χ0v) is 24.1. The van der Waals surface area contributed by atoms with Gasteiger partial charge in [0, 0.05) is 12.8 Å². The summed E-state index contributed by atoms with van der Waals surface area (Å²) in [6, 6.07) is 0. The topological polar surface area (TPSA) is 92.7 Å². The first-order valence-electron chi connectivity index (χ1n) is 12.5. The first kappa shape index (κ1) is 35.9. The highest BCUT2D eigenvalue weighted by atomic mass is 17.3. The van der Waals surface area contributed by atoms with Crippen LogP contribution in [-0.4, -0.2) is 40.3 Å².